The van der Waals surface area contributed by atoms with Crippen molar-refractivity contribution in [2.24, 2.45) is 0 Å². The van der Waals surface area contributed by atoms with E-state index in [4.69, 9.17) is 9.78 Å². The molecule has 4 rings (SSSR count). The average Bonchev–Trinajstić information content (AvgIpc) is 3.11. The lowest BCUT2D eigenvalue weighted by atomic mass is 10.2. The summed E-state index contributed by atoms with van der Waals surface area (Å²) in [6.07, 6.45) is 0. The van der Waals surface area contributed by atoms with Gasteiger partial charge in [0.05, 0.1) is 16.5 Å². The highest BCUT2D eigenvalue weighted by molar-refractivity contribution is 7.89. The molecule has 0 atom stereocenters. The van der Waals surface area contributed by atoms with E-state index in [9.17, 15) is 8.42 Å². The number of rotatable bonds is 4. The van der Waals surface area contributed by atoms with Crippen LogP contribution >= 0.6 is 0 Å². The Balaban J connectivity index is 1.45. The summed E-state index contributed by atoms with van der Waals surface area (Å²) in [5.74, 6) is 0. The van der Waals surface area contributed by atoms with Crippen LogP contribution in [0.3, 0.4) is 0 Å². The van der Waals surface area contributed by atoms with Gasteiger partial charge in [0.1, 0.15) is 5.69 Å². The molecular formula is C19H18N4O3S. The second kappa shape index (κ2) is 7.12. The van der Waals surface area contributed by atoms with E-state index >= 15 is 0 Å². The molecule has 7 nitrogen and oxygen atoms in total. The summed E-state index contributed by atoms with van der Waals surface area (Å²) in [6.45, 7) is 2.63. The molecule has 0 spiro atoms. The number of piperazine rings is 1. The molecular weight excluding hydrogens is 364 g/mol. The highest BCUT2D eigenvalue weighted by Gasteiger charge is 2.29. The molecule has 2 aromatic carbocycles. The molecule has 1 saturated heterocycles. The lowest BCUT2D eigenvalue weighted by molar-refractivity contribution is 0.178. The lowest BCUT2D eigenvalue weighted by Crippen LogP contribution is -2.48. The molecule has 1 fully saturated rings. The van der Waals surface area contributed by atoms with E-state index in [1.165, 1.54) is 16.4 Å². The summed E-state index contributed by atoms with van der Waals surface area (Å²) in [6, 6.07) is 15.8. The minimum Gasteiger partial charge on any atom is -0.356 e. The van der Waals surface area contributed by atoms with Gasteiger partial charge in [0, 0.05) is 38.1 Å². The number of benzene rings is 2. The van der Waals surface area contributed by atoms with E-state index in [1.807, 2.05) is 30.3 Å². The van der Waals surface area contributed by atoms with Crippen molar-refractivity contribution in [1.29, 1.82) is 5.26 Å². The Bertz CT molecular complexity index is 1110. The Morgan fingerprint density at radius 2 is 1.85 bits per heavy atom. The summed E-state index contributed by atoms with van der Waals surface area (Å²) < 4.78 is 32.5. The fourth-order valence-electron chi connectivity index (χ4n) is 3.27. The van der Waals surface area contributed by atoms with Gasteiger partial charge in [-0.25, -0.2) is 8.42 Å². The minimum atomic E-state index is -3.59. The smallest absolute Gasteiger partial charge is 0.243 e. The van der Waals surface area contributed by atoms with Gasteiger partial charge in [-0.3, -0.25) is 4.90 Å². The Morgan fingerprint density at radius 1 is 1.07 bits per heavy atom. The van der Waals surface area contributed by atoms with Crippen LogP contribution < -0.4 is 0 Å². The number of fused-ring (bicyclic) bond motifs is 1. The van der Waals surface area contributed by atoms with Crippen molar-refractivity contribution in [3.63, 3.8) is 0 Å². The molecule has 1 aliphatic rings. The van der Waals surface area contributed by atoms with Crippen molar-refractivity contribution >= 4 is 21.0 Å². The number of nitrogens with zero attached hydrogens (tertiary/aromatic N) is 4. The van der Waals surface area contributed by atoms with Crippen LogP contribution in [0.15, 0.2) is 57.9 Å². The van der Waals surface area contributed by atoms with Crippen molar-refractivity contribution in [2.75, 3.05) is 26.2 Å². The van der Waals surface area contributed by atoms with E-state index in [-0.39, 0.29) is 4.90 Å². The third kappa shape index (κ3) is 3.45. The van der Waals surface area contributed by atoms with Gasteiger partial charge in [-0.2, -0.15) is 9.57 Å². The molecule has 2 heterocycles. The fourth-order valence-corrected chi connectivity index (χ4v) is 4.74. The highest BCUT2D eigenvalue weighted by Crippen LogP contribution is 2.22. The molecule has 27 heavy (non-hydrogen) atoms. The predicted octanol–water partition coefficient (Wildman–Crippen LogP) is 2.21. The standard InChI is InChI=1S/C19H18N4O3S/c20-13-15-4-3-5-16(12-15)27(24,25)23-10-8-22(9-11-23)14-18-17-6-1-2-7-19(17)26-21-18/h1-7,12H,8-11,14H2. The zero-order valence-electron chi connectivity index (χ0n) is 14.6. The second-order valence-corrected chi connectivity index (χ2v) is 8.38. The van der Waals surface area contributed by atoms with E-state index < -0.39 is 10.0 Å². The molecule has 0 unspecified atom stereocenters. The summed E-state index contributed by atoms with van der Waals surface area (Å²) in [5.41, 5.74) is 1.96. The maximum atomic E-state index is 12.8. The number of hydrogen-bond acceptors (Lipinski definition) is 6. The number of aromatic nitrogens is 1. The van der Waals surface area contributed by atoms with Gasteiger partial charge in [-0.05, 0) is 30.3 Å². The van der Waals surface area contributed by atoms with Crippen molar-refractivity contribution < 1.29 is 12.9 Å². The van der Waals surface area contributed by atoms with Gasteiger partial charge in [0.15, 0.2) is 5.58 Å². The third-order valence-corrected chi connectivity index (χ3v) is 6.65. The fraction of sp³-hybridized carbons (Fsp3) is 0.263. The van der Waals surface area contributed by atoms with E-state index in [2.05, 4.69) is 10.1 Å². The van der Waals surface area contributed by atoms with Crippen LogP contribution in [0.5, 0.6) is 0 Å². The third-order valence-electron chi connectivity index (χ3n) is 4.76. The first-order chi connectivity index (χ1) is 13.1. The lowest BCUT2D eigenvalue weighted by Gasteiger charge is -2.33. The number of sulfonamides is 1. The monoisotopic (exact) mass is 382 g/mol. The quantitative estimate of drug-likeness (QED) is 0.687. The molecule has 138 valence electrons. The van der Waals surface area contributed by atoms with Crippen LogP contribution in [0.4, 0.5) is 0 Å². The Hall–Kier alpha value is -2.73. The molecule has 1 aliphatic heterocycles. The molecule has 1 aromatic heterocycles. The maximum absolute atomic E-state index is 12.8. The number of para-hydroxylation sites is 1. The molecule has 0 N–H and O–H groups in total. The summed E-state index contributed by atoms with van der Waals surface area (Å²) >= 11 is 0. The Labute approximate surface area is 157 Å². The normalized spacial score (nSPS) is 16.4. The SMILES string of the molecule is N#Cc1cccc(S(=O)(=O)N2CCN(Cc3noc4ccccc34)CC2)c1. The molecule has 0 radical (unpaired) electrons. The molecule has 8 heteroatoms. The van der Waals surface area contributed by atoms with Crippen LogP contribution in [0.25, 0.3) is 11.0 Å². The van der Waals surface area contributed by atoms with Crippen LogP contribution in [0.2, 0.25) is 0 Å². The summed E-state index contributed by atoms with van der Waals surface area (Å²) in [7, 11) is -3.59. The van der Waals surface area contributed by atoms with Crippen molar-refractivity contribution in [1.82, 2.24) is 14.4 Å². The summed E-state index contributed by atoms with van der Waals surface area (Å²) in [5, 5.41) is 14.1. The van der Waals surface area contributed by atoms with E-state index in [0.29, 0.717) is 38.3 Å². The van der Waals surface area contributed by atoms with Crippen molar-refractivity contribution in [2.45, 2.75) is 11.4 Å². The van der Waals surface area contributed by atoms with Gasteiger partial charge in [-0.15, -0.1) is 0 Å². The van der Waals surface area contributed by atoms with Crippen molar-refractivity contribution in [3.05, 3.63) is 59.8 Å². The maximum Gasteiger partial charge on any atom is 0.243 e. The largest absolute Gasteiger partial charge is 0.356 e. The van der Waals surface area contributed by atoms with Gasteiger partial charge in [0.2, 0.25) is 10.0 Å². The highest BCUT2D eigenvalue weighted by atomic mass is 32.2. The van der Waals surface area contributed by atoms with Crippen LogP contribution in [-0.2, 0) is 16.6 Å². The first-order valence-corrected chi connectivity index (χ1v) is 10.1. The van der Waals surface area contributed by atoms with Gasteiger partial charge >= 0.3 is 0 Å². The molecule has 0 amide bonds. The molecule has 3 aromatic rings. The van der Waals surface area contributed by atoms with Gasteiger partial charge in [-0.1, -0.05) is 23.4 Å². The average molecular weight is 382 g/mol. The molecule has 0 bridgehead atoms. The summed E-state index contributed by atoms with van der Waals surface area (Å²) in [4.78, 5) is 2.33. The molecule has 0 saturated carbocycles. The first kappa shape index (κ1) is 17.7. The van der Waals surface area contributed by atoms with Crippen molar-refractivity contribution in [3.8, 4) is 6.07 Å². The van der Waals surface area contributed by atoms with Crippen LogP contribution in [-0.4, -0.2) is 49.0 Å². The second-order valence-electron chi connectivity index (χ2n) is 6.45. The van der Waals surface area contributed by atoms with E-state index in [0.717, 1.165) is 16.7 Å². The predicted molar refractivity (Wildman–Crippen MR) is 99.2 cm³/mol. The minimum absolute atomic E-state index is 0.164. The van der Waals surface area contributed by atoms with Crippen LogP contribution in [0, 0.1) is 11.3 Å². The molecule has 0 aliphatic carbocycles. The Morgan fingerprint density at radius 3 is 2.63 bits per heavy atom. The zero-order chi connectivity index (χ0) is 18.9. The Kier molecular flexibility index (Phi) is 4.66. The first-order valence-electron chi connectivity index (χ1n) is 8.64. The zero-order valence-corrected chi connectivity index (χ0v) is 15.4. The topological polar surface area (TPSA) is 90.4 Å². The van der Waals surface area contributed by atoms with Crippen LogP contribution in [0.1, 0.15) is 11.3 Å². The number of nitriles is 1. The number of hydrogen-bond donors (Lipinski definition) is 0. The van der Waals surface area contributed by atoms with Gasteiger partial charge in [0.25, 0.3) is 0 Å². The van der Waals surface area contributed by atoms with Gasteiger partial charge < -0.3 is 4.52 Å². The van der Waals surface area contributed by atoms with E-state index in [1.54, 1.807) is 12.1 Å².